The zero-order chi connectivity index (χ0) is 13.2. The number of rotatable bonds is 2. The first kappa shape index (κ1) is 14.3. The van der Waals surface area contributed by atoms with Gasteiger partial charge < -0.3 is 5.11 Å². The van der Waals surface area contributed by atoms with E-state index in [1.807, 2.05) is 65.3 Å². The third-order valence-electron chi connectivity index (χ3n) is 2.88. The lowest BCUT2D eigenvalue weighted by Crippen LogP contribution is -2.19. The van der Waals surface area contributed by atoms with E-state index in [0.717, 1.165) is 16.9 Å². The fraction of sp³-hybridized carbons (Fsp3) is 0.0667. The predicted molar refractivity (Wildman–Crippen MR) is 81.9 cm³/mol. The van der Waals surface area contributed by atoms with Gasteiger partial charge in [0.05, 0.1) is 6.20 Å². The van der Waals surface area contributed by atoms with Crippen LogP contribution in [0.2, 0.25) is 0 Å². The van der Waals surface area contributed by atoms with Gasteiger partial charge in [-0.1, -0.05) is 46.2 Å². The molecule has 0 bridgehead atoms. The molecule has 5 heteroatoms. The summed E-state index contributed by atoms with van der Waals surface area (Å²) in [5.74, 6) is -0.223. The quantitative estimate of drug-likeness (QED) is 0.402. The fourth-order valence-electron chi connectivity index (χ4n) is 2.10. The Morgan fingerprint density at radius 3 is 2.50 bits per heavy atom. The molecular formula is C15H14BrN3O. The molecule has 0 aliphatic rings. The maximum atomic E-state index is 11.3. The standard InChI is InChI=1S/C15H13N3O.BrH/c1-12(19)16-18-14(13-7-3-2-4-8-13)11-17-10-6-5-9-15(17)18;/h2-11H,1H3;1H. The molecule has 0 aliphatic carbocycles. The molecule has 0 amide bonds. The topological polar surface area (TPSA) is 44.5 Å². The Kier molecular flexibility index (Phi) is 4.20. The summed E-state index contributed by atoms with van der Waals surface area (Å²) in [6.45, 7) is 1.45. The second kappa shape index (κ2) is 5.88. The second-order valence-electron chi connectivity index (χ2n) is 4.28. The van der Waals surface area contributed by atoms with Crippen LogP contribution in [0.15, 0.2) is 66.0 Å². The van der Waals surface area contributed by atoms with Crippen molar-refractivity contribution in [3.8, 4) is 11.3 Å². The number of hydrogen-bond acceptors (Lipinski definition) is 2. The molecule has 0 fully saturated rings. The number of fused-ring (bicyclic) bond motifs is 1. The third-order valence-corrected chi connectivity index (χ3v) is 2.88. The minimum Gasteiger partial charge on any atom is -0.859 e. The molecule has 4 nitrogen and oxygen atoms in total. The molecule has 0 N–H and O–H groups in total. The number of imidazole rings is 1. The normalized spacial score (nSPS) is 11.3. The predicted octanol–water partition coefficient (Wildman–Crippen LogP) is 2.01. The van der Waals surface area contributed by atoms with Crippen LogP contribution in [0.3, 0.4) is 0 Å². The van der Waals surface area contributed by atoms with Crippen molar-refractivity contribution in [2.24, 2.45) is 5.10 Å². The van der Waals surface area contributed by atoms with Crippen molar-refractivity contribution >= 4 is 28.5 Å². The van der Waals surface area contributed by atoms with Gasteiger partial charge in [-0.15, -0.1) is 17.0 Å². The zero-order valence-corrected chi connectivity index (χ0v) is 12.6. The van der Waals surface area contributed by atoms with E-state index in [1.54, 1.807) is 4.68 Å². The van der Waals surface area contributed by atoms with Crippen molar-refractivity contribution < 1.29 is 9.51 Å². The molecule has 20 heavy (non-hydrogen) atoms. The van der Waals surface area contributed by atoms with Crippen LogP contribution in [0.5, 0.6) is 0 Å². The number of aromatic nitrogens is 2. The highest BCUT2D eigenvalue weighted by molar-refractivity contribution is 8.93. The van der Waals surface area contributed by atoms with E-state index in [4.69, 9.17) is 0 Å². The van der Waals surface area contributed by atoms with E-state index in [0.29, 0.717) is 0 Å². The van der Waals surface area contributed by atoms with Crippen molar-refractivity contribution in [2.75, 3.05) is 0 Å². The van der Waals surface area contributed by atoms with Crippen LogP contribution >= 0.6 is 17.0 Å². The summed E-state index contributed by atoms with van der Waals surface area (Å²) in [6, 6.07) is 15.7. The van der Waals surface area contributed by atoms with Crippen molar-refractivity contribution in [3.63, 3.8) is 0 Å². The number of halogens is 1. The Hall–Kier alpha value is -2.14. The number of pyridine rings is 1. The molecule has 0 atom stereocenters. The molecular weight excluding hydrogens is 318 g/mol. The molecule has 3 aromatic rings. The molecule has 0 radical (unpaired) electrons. The lowest BCUT2D eigenvalue weighted by atomic mass is 10.2. The zero-order valence-electron chi connectivity index (χ0n) is 10.9. The average molecular weight is 332 g/mol. The van der Waals surface area contributed by atoms with Gasteiger partial charge in [-0.05, 0) is 13.0 Å². The molecule has 2 heterocycles. The van der Waals surface area contributed by atoms with E-state index >= 15 is 0 Å². The first-order valence-electron chi connectivity index (χ1n) is 6.05. The second-order valence-corrected chi connectivity index (χ2v) is 4.28. The van der Waals surface area contributed by atoms with Crippen LogP contribution in [-0.2, 0) is 0 Å². The average Bonchev–Trinajstić information content (AvgIpc) is 2.78. The molecule has 0 unspecified atom stereocenters. The minimum absolute atomic E-state index is 0. The minimum atomic E-state index is -0.223. The van der Waals surface area contributed by atoms with Gasteiger partial charge in [0.2, 0.25) is 5.69 Å². The molecule has 1 aromatic carbocycles. The summed E-state index contributed by atoms with van der Waals surface area (Å²) in [4.78, 5) is 0. The monoisotopic (exact) mass is 331 g/mol. The SMILES string of the molecule is Br.C/C([O-])=N/n1c(-c2ccccc2)c[n+]2ccccc12. The van der Waals surface area contributed by atoms with Crippen molar-refractivity contribution in [2.45, 2.75) is 6.92 Å². The maximum Gasteiger partial charge on any atom is 0.312 e. The highest BCUT2D eigenvalue weighted by Crippen LogP contribution is 2.20. The van der Waals surface area contributed by atoms with Crippen LogP contribution in [-0.4, -0.2) is 10.6 Å². The van der Waals surface area contributed by atoms with Crippen molar-refractivity contribution in [1.29, 1.82) is 0 Å². The van der Waals surface area contributed by atoms with Crippen LogP contribution in [0.4, 0.5) is 0 Å². The van der Waals surface area contributed by atoms with Gasteiger partial charge in [-0.2, -0.15) is 0 Å². The Morgan fingerprint density at radius 1 is 1.10 bits per heavy atom. The van der Waals surface area contributed by atoms with Gasteiger partial charge in [-0.25, -0.2) is 4.40 Å². The molecule has 0 saturated carbocycles. The van der Waals surface area contributed by atoms with E-state index in [1.165, 1.54) is 6.92 Å². The van der Waals surface area contributed by atoms with Gasteiger partial charge in [0.1, 0.15) is 6.20 Å². The van der Waals surface area contributed by atoms with Crippen LogP contribution in [0, 0.1) is 0 Å². The first-order valence-corrected chi connectivity index (χ1v) is 6.05. The highest BCUT2D eigenvalue weighted by Gasteiger charge is 2.17. The maximum absolute atomic E-state index is 11.3. The summed E-state index contributed by atoms with van der Waals surface area (Å²) in [5, 5.41) is 15.4. The number of hydrogen-bond donors (Lipinski definition) is 0. The fourth-order valence-corrected chi connectivity index (χ4v) is 2.10. The van der Waals surface area contributed by atoms with Gasteiger partial charge >= 0.3 is 5.65 Å². The molecule has 0 saturated heterocycles. The summed E-state index contributed by atoms with van der Waals surface area (Å²) in [6.07, 6.45) is 3.91. The smallest absolute Gasteiger partial charge is 0.312 e. The van der Waals surface area contributed by atoms with Crippen LogP contribution in [0.1, 0.15) is 6.92 Å². The van der Waals surface area contributed by atoms with Gasteiger partial charge in [-0.3, -0.25) is 0 Å². The van der Waals surface area contributed by atoms with Gasteiger partial charge in [0.15, 0.2) is 0 Å². The van der Waals surface area contributed by atoms with Gasteiger partial charge in [0.25, 0.3) is 0 Å². The molecule has 2 aromatic heterocycles. The van der Waals surface area contributed by atoms with Crippen molar-refractivity contribution in [3.05, 3.63) is 60.9 Å². The Labute approximate surface area is 127 Å². The molecule has 3 rings (SSSR count). The Bertz CT molecular complexity index is 746. The van der Waals surface area contributed by atoms with Crippen molar-refractivity contribution in [1.82, 2.24) is 4.68 Å². The Morgan fingerprint density at radius 2 is 1.80 bits per heavy atom. The Balaban J connectivity index is 0.00000147. The van der Waals surface area contributed by atoms with E-state index in [9.17, 15) is 5.11 Å². The van der Waals surface area contributed by atoms with E-state index in [2.05, 4.69) is 5.10 Å². The van der Waals surface area contributed by atoms with Crippen LogP contribution in [0.25, 0.3) is 16.9 Å². The first-order chi connectivity index (χ1) is 9.25. The summed E-state index contributed by atoms with van der Waals surface area (Å²) >= 11 is 0. The molecule has 0 aliphatic heterocycles. The van der Waals surface area contributed by atoms with Gasteiger partial charge in [0, 0.05) is 17.5 Å². The largest absolute Gasteiger partial charge is 0.859 e. The summed E-state index contributed by atoms with van der Waals surface area (Å²) < 4.78 is 3.63. The van der Waals surface area contributed by atoms with Crippen LogP contribution < -0.4 is 9.51 Å². The summed E-state index contributed by atoms with van der Waals surface area (Å²) in [7, 11) is 0. The van der Waals surface area contributed by atoms with E-state index < -0.39 is 0 Å². The number of nitrogens with zero attached hydrogens (tertiary/aromatic N) is 3. The highest BCUT2D eigenvalue weighted by atomic mass is 79.9. The molecule has 0 spiro atoms. The lowest BCUT2D eigenvalue weighted by Gasteiger charge is -2.01. The third kappa shape index (κ3) is 2.58. The summed E-state index contributed by atoms with van der Waals surface area (Å²) in [5.41, 5.74) is 2.77. The van der Waals surface area contributed by atoms with E-state index in [-0.39, 0.29) is 22.9 Å². The molecule has 102 valence electrons. The lowest BCUT2D eigenvalue weighted by molar-refractivity contribution is -0.510. The number of benzene rings is 1.